The van der Waals surface area contributed by atoms with Crippen molar-refractivity contribution in [3.63, 3.8) is 0 Å². The Labute approximate surface area is 132 Å². The van der Waals surface area contributed by atoms with E-state index >= 15 is 0 Å². The Kier molecular flexibility index (Phi) is 3.23. The average Bonchev–Trinajstić information content (AvgIpc) is 3.04. The SMILES string of the molecule is Clc1ccccc1C1CC(c2cccnc2)Nc2nnnn21. The van der Waals surface area contributed by atoms with Gasteiger partial charge in [-0.25, -0.2) is 4.68 Å². The van der Waals surface area contributed by atoms with Crippen molar-refractivity contribution in [1.29, 1.82) is 0 Å². The highest BCUT2D eigenvalue weighted by Crippen LogP contribution is 2.38. The van der Waals surface area contributed by atoms with Crippen LogP contribution in [-0.2, 0) is 0 Å². The number of halogens is 1. The first-order chi connectivity index (χ1) is 10.8. The minimum atomic E-state index is -0.00911. The molecule has 2 aromatic heterocycles. The number of tetrazole rings is 1. The van der Waals surface area contributed by atoms with Crippen LogP contribution in [0.2, 0.25) is 5.02 Å². The summed E-state index contributed by atoms with van der Waals surface area (Å²) in [6.07, 6.45) is 4.43. The van der Waals surface area contributed by atoms with Crippen molar-refractivity contribution in [2.24, 2.45) is 0 Å². The summed E-state index contributed by atoms with van der Waals surface area (Å²) in [6, 6.07) is 11.9. The number of nitrogens with zero attached hydrogens (tertiary/aromatic N) is 5. The summed E-state index contributed by atoms with van der Waals surface area (Å²) in [5.74, 6) is 0.644. The number of rotatable bonds is 2. The number of hydrogen-bond donors (Lipinski definition) is 1. The maximum absolute atomic E-state index is 6.37. The molecule has 0 spiro atoms. The van der Waals surface area contributed by atoms with Crippen molar-refractivity contribution in [3.05, 3.63) is 64.9 Å². The van der Waals surface area contributed by atoms with E-state index in [1.54, 1.807) is 10.9 Å². The van der Waals surface area contributed by atoms with E-state index in [1.165, 1.54) is 0 Å². The third-order valence-electron chi connectivity index (χ3n) is 3.90. The van der Waals surface area contributed by atoms with Crippen molar-refractivity contribution >= 4 is 17.5 Å². The van der Waals surface area contributed by atoms with Crippen LogP contribution in [-0.4, -0.2) is 25.2 Å². The molecular formula is C15H13ClN6. The molecule has 0 radical (unpaired) electrons. The predicted molar refractivity (Wildman–Crippen MR) is 82.6 cm³/mol. The molecule has 110 valence electrons. The Morgan fingerprint density at radius 2 is 2.09 bits per heavy atom. The Bertz CT molecular complexity index is 787. The van der Waals surface area contributed by atoms with Gasteiger partial charge in [-0.1, -0.05) is 41.0 Å². The summed E-state index contributed by atoms with van der Waals surface area (Å²) in [4.78, 5) is 4.19. The number of nitrogens with one attached hydrogen (secondary N) is 1. The van der Waals surface area contributed by atoms with Gasteiger partial charge in [-0.05, 0) is 40.1 Å². The van der Waals surface area contributed by atoms with E-state index < -0.39 is 0 Å². The van der Waals surface area contributed by atoms with E-state index in [0.717, 1.165) is 22.6 Å². The number of anilines is 1. The van der Waals surface area contributed by atoms with Gasteiger partial charge in [0.1, 0.15) is 0 Å². The van der Waals surface area contributed by atoms with E-state index in [-0.39, 0.29) is 12.1 Å². The highest BCUT2D eigenvalue weighted by Gasteiger charge is 2.31. The summed E-state index contributed by atoms with van der Waals surface area (Å²) in [5.41, 5.74) is 2.13. The highest BCUT2D eigenvalue weighted by molar-refractivity contribution is 6.31. The van der Waals surface area contributed by atoms with E-state index in [1.807, 2.05) is 42.6 Å². The van der Waals surface area contributed by atoms with Crippen molar-refractivity contribution in [1.82, 2.24) is 25.2 Å². The molecule has 1 aromatic carbocycles. The lowest BCUT2D eigenvalue weighted by Crippen LogP contribution is -2.28. The number of pyridine rings is 1. The van der Waals surface area contributed by atoms with Crippen LogP contribution >= 0.6 is 11.6 Å². The summed E-state index contributed by atoms with van der Waals surface area (Å²) in [7, 11) is 0. The van der Waals surface area contributed by atoms with Crippen LogP contribution in [0.3, 0.4) is 0 Å². The van der Waals surface area contributed by atoms with E-state index in [9.17, 15) is 0 Å². The lowest BCUT2D eigenvalue weighted by molar-refractivity contribution is 0.423. The summed E-state index contributed by atoms with van der Waals surface area (Å²) in [5, 5.41) is 16.0. The zero-order valence-electron chi connectivity index (χ0n) is 11.6. The number of hydrogen-bond acceptors (Lipinski definition) is 5. The highest BCUT2D eigenvalue weighted by atomic mass is 35.5. The second kappa shape index (κ2) is 5.38. The molecule has 6 nitrogen and oxygen atoms in total. The Morgan fingerprint density at radius 1 is 1.18 bits per heavy atom. The molecule has 0 fully saturated rings. The van der Waals surface area contributed by atoms with Gasteiger partial charge in [-0.2, -0.15) is 0 Å². The normalized spacial score (nSPS) is 20.2. The zero-order chi connectivity index (χ0) is 14.9. The first-order valence-corrected chi connectivity index (χ1v) is 7.39. The molecule has 4 rings (SSSR count). The predicted octanol–water partition coefficient (Wildman–Crippen LogP) is 2.87. The lowest BCUT2D eigenvalue weighted by Gasteiger charge is -2.31. The van der Waals surface area contributed by atoms with Crippen LogP contribution in [0.25, 0.3) is 0 Å². The molecule has 1 aliphatic heterocycles. The van der Waals surface area contributed by atoms with Gasteiger partial charge in [0.2, 0.25) is 5.95 Å². The van der Waals surface area contributed by atoms with Crippen LogP contribution < -0.4 is 5.32 Å². The first kappa shape index (κ1) is 13.2. The molecule has 0 saturated carbocycles. The molecule has 22 heavy (non-hydrogen) atoms. The molecule has 2 atom stereocenters. The number of aromatic nitrogens is 5. The van der Waals surface area contributed by atoms with Crippen LogP contribution in [0.4, 0.5) is 5.95 Å². The molecule has 0 aliphatic carbocycles. The first-order valence-electron chi connectivity index (χ1n) is 7.01. The zero-order valence-corrected chi connectivity index (χ0v) is 12.4. The van der Waals surface area contributed by atoms with E-state index in [0.29, 0.717) is 5.95 Å². The molecule has 0 saturated heterocycles. The van der Waals surface area contributed by atoms with Gasteiger partial charge in [0, 0.05) is 17.4 Å². The summed E-state index contributed by atoms with van der Waals surface area (Å²) in [6.45, 7) is 0. The summed E-state index contributed by atoms with van der Waals surface area (Å²) >= 11 is 6.37. The second-order valence-corrected chi connectivity index (χ2v) is 5.61. The fourth-order valence-corrected chi connectivity index (χ4v) is 3.10. The topological polar surface area (TPSA) is 68.5 Å². The van der Waals surface area contributed by atoms with Gasteiger partial charge in [0.15, 0.2) is 0 Å². The quantitative estimate of drug-likeness (QED) is 0.788. The maximum atomic E-state index is 6.37. The van der Waals surface area contributed by atoms with E-state index in [2.05, 4.69) is 25.8 Å². The fraction of sp³-hybridized carbons (Fsp3) is 0.200. The monoisotopic (exact) mass is 312 g/mol. The summed E-state index contributed by atoms with van der Waals surface area (Å²) < 4.78 is 1.79. The fourth-order valence-electron chi connectivity index (χ4n) is 2.84. The van der Waals surface area contributed by atoms with Crippen LogP contribution in [0.5, 0.6) is 0 Å². The lowest BCUT2D eigenvalue weighted by atomic mass is 9.94. The van der Waals surface area contributed by atoms with Crippen molar-refractivity contribution < 1.29 is 0 Å². The maximum Gasteiger partial charge on any atom is 0.243 e. The van der Waals surface area contributed by atoms with Gasteiger partial charge in [0.05, 0.1) is 12.1 Å². The molecule has 0 amide bonds. The van der Waals surface area contributed by atoms with Gasteiger partial charge in [-0.15, -0.1) is 0 Å². The Hall–Kier alpha value is -2.47. The third-order valence-corrected chi connectivity index (χ3v) is 4.25. The number of benzene rings is 1. The molecule has 1 N–H and O–H groups in total. The third kappa shape index (κ3) is 2.21. The molecule has 3 heterocycles. The smallest absolute Gasteiger partial charge is 0.243 e. The minimum Gasteiger partial charge on any atom is -0.346 e. The Balaban J connectivity index is 1.77. The van der Waals surface area contributed by atoms with Gasteiger partial charge in [0.25, 0.3) is 0 Å². The van der Waals surface area contributed by atoms with Gasteiger partial charge in [-0.3, -0.25) is 4.98 Å². The van der Waals surface area contributed by atoms with Crippen molar-refractivity contribution in [2.45, 2.75) is 18.5 Å². The van der Waals surface area contributed by atoms with Crippen molar-refractivity contribution in [2.75, 3.05) is 5.32 Å². The largest absolute Gasteiger partial charge is 0.346 e. The van der Waals surface area contributed by atoms with Crippen LogP contribution in [0, 0.1) is 0 Å². The molecule has 0 bridgehead atoms. The molecule has 7 heteroatoms. The molecule has 1 aliphatic rings. The number of fused-ring (bicyclic) bond motifs is 1. The molecular weight excluding hydrogens is 300 g/mol. The molecule has 3 aromatic rings. The second-order valence-electron chi connectivity index (χ2n) is 5.20. The van der Waals surface area contributed by atoms with Gasteiger partial charge < -0.3 is 5.32 Å². The molecule has 2 unspecified atom stereocenters. The minimum absolute atomic E-state index is 0.00911. The van der Waals surface area contributed by atoms with Crippen molar-refractivity contribution in [3.8, 4) is 0 Å². The standard InChI is InChI=1S/C15H13ClN6/c16-12-6-2-1-5-11(12)14-8-13(10-4-3-7-17-9-10)18-15-19-20-21-22(14)15/h1-7,9,13-14H,8H2,(H,18,19,21). The van der Waals surface area contributed by atoms with Crippen LogP contribution in [0.15, 0.2) is 48.8 Å². The average molecular weight is 313 g/mol. The van der Waals surface area contributed by atoms with Crippen LogP contribution in [0.1, 0.15) is 29.6 Å². The van der Waals surface area contributed by atoms with E-state index in [4.69, 9.17) is 11.6 Å². The van der Waals surface area contributed by atoms with Gasteiger partial charge >= 0.3 is 0 Å². The Morgan fingerprint density at radius 3 is 2.91 bits per heavy atom.